The van der Waals surface area contributed by atoms with Crippen LogP contribution in [0.5, 0.6) is 0 Å². The fourth-order valence-corrected chi connectivity index (χ4v) is 1.87. The highest BCUT2D eigenvalue weighted by atomic mass is 35.5. The lowest BCUT2D eigenvalue weighted by molar-refractivity contribution is -0.114. The van der Waals surface area contributed by atoms with E-state index in [-0.39, 0.29) is 15.4 Å². The molecule has 0 atom stereocenters. The van der Waals surface area contributed by atoms with Crippen molar-refractivity contribution < 1.29 is 4.79 Å². The normalized spacial score (nSPS) is 10.4. The first-order chi connectivity index (χ1) is 8.49. The number of nitrogens with one attached hydrogen (secondary N) is 1. The van der Waals surface area contributed by atoms with Crippen molar-refractivity contribution >= 4 is 57.2 Å². The standard InChI is InChI=1S/C11H8Cl3N3O/c1-6(18)15-8-5-17-7(10(12)11(13)14)3-2-4-9(17)16-8/h2-5H,1H3,(H,15,18). The van der Waals surface area contributed by atoms with E-state index in [1.54, 1.807) is 28.8 Å². The lowest BCUT2D eigenvalue weighted by Crippen LogP contribution is -2.05. The van der Waals surface area contributed by atoms with E-state index < -0.39 is 0 Å². The molecule has 2 aromatic rings. The number of nitrogens with zero attached hydrogens (tertiary/aromatic N) is 2. The molecule has 4 nitrogen and oxygen atoms in total. The minimum Gasteiger partial charge on any atom is -0.310 e. The van der Waals surface area contributed by atoms with Gasteiger partial charge in [0.25, 0.3) is 0 Å². The van der Waals surface area contributed by atoms with Gasteiger partial charge in [-0.2, -0.15) is 0 Å². The number of hydrogen-bond acceptors (Lipinski definition) is 2. The van der Waals surface area contributed by atoms with E-state index in [0.29, 0.717) is 17.2 Å². The Morgan fingerprint density at radius 1 is 1.33 bits per heavy atom. The number of carbonyl (C=O) groups is 1. The summed E-state index contributed by atoms with van der Waals surface area (Å²) in [6.07, 6.45) is 1.64. The van der Waals surface area contributed by atoms with Gasteiger partial charge in [0.2, 0.25) is 5.91 Å². The second-order valence-electron chi connectivity index (χ2n) is 3.52. The molecule has 0 aliphatic carbocycles. The van der Waals surface area contributed by atoms with Gasteiger partial charge < -0.3 is 5.32 Å². The van der Waals surface area contributed by atoms with Gasteiger partial charge in [0.05, 0.1) is 16.9 Å². The minimum atomic E-state index is -0.197. The molecule has 0 radical (unpaired) electrons. The second kappa shape index (κ2) is 5.18. The molecule has 94 valence electrons. The van der Waals surface area contributed by atoms with Crippen molar-refractivity contribution in [2.75, 3.05) is 5.32 Å². The average molecular weight is 305 g/mol. The molecule has 0 spiro atoms. The van der Waals surface area contributed by atoms with Crippen molar-refractivity contribution in [3.63, 3.8) is 0 Å². The third-order valence-electron chi connectivity index (χ3n) is 2.19. The Morgan fingerprint density at radius 3 is 2.67 bits per heavy atom. The highest BCUT2D eigenvalue weighted by Crippen LogP contribution is 2.28. The summed E-state index contributed by atoms with van der Waals surface area (Å²) in [6, 6.07) is 5.30. The zero-order valence-electron chi connectivity index (χ0n) is 9.25. The largest absolute Gasteiger partial charge is 0.310 e. The van der Waals surface area contributed by atoms with Crippen molar-refractivity contribution in [2.24, 2.45) is 0 Å². The summed E-state index contributed by atoms with van der Waals surface area (Å²) in [4.78, 5) is 15.2. The summed E-state index contributed by atoms with van der Waals surface area (Å²) in [6.45, 7) is 1.41. The molecule has 0 bridgehead atoms. The van der Waals surface area contributed by atoms with E-state index in [4.69, 9.17) is 34.8 Å². The van der Waals surface area contributed by atoms with E-state index in [1.807, 2.05) is 0 Å². The number of aromatic nitrogens is 2. The molecule has 0 aliphatic rings. The lowest BCUT2D eigenvalue weighted by Gasteiger charge is -2.03. The third-order valence-corrected chi connectivity index (χ3v) is 3.14. The van der Waals surface area contributed by atoms with Gasteiger partial charge in [0, 0.05) is 6.92 Å². The summed E-state index contributed by atoms with van der Waals surface area (Å²) >= 11 is 17.3. The SMILES string of the molecule is CC(=O)Nc1cn2c(C(Cl)=C(Cl)Cl)cccc2n1. The zero-order chi connectivity index (χ0) is 13.3. The molecular formula is C11H8Cl3N3O. The van der Waals surface area contributed by atoms with Crippen LogP contribution in [0.15, 0.2) is 28.9 Å². The number of amides is 1. The fraction of sp³-hybridized carbons (Fsp3) is 0.0909. The molecule has 0 unspecified atom stereocenters. The van der Waals surface area contributed by atoms with Gasteiger partial charge >= 0.3 is 0 Å². The predicted molar refractivity (Wildman–Crippen MR) is 74.0 cm³/mol. The van der Waals surface area contributed by atoms with Gasteiger partial charge in [-0.1, -0.05) is 40.9 Å². The Hall–Kier alpha value is -1.23. The molecule has 1 amide bonds. The van der Waals surface area contributed by atoms with Crippen molar-refractivity contribution in [3.8, 4) is 0 Å². The minimum absolute atomic E-state index is 0.0288. The molecule has 18 heavy (non-hydrogen) atoms. The molecule has 2 heterocycles. The van der Waals surface area contributed by atoms with E-state index >= 15 is 0 Å². The average Bonchev–Trinajstić information content (AvgIpc) is 2.68. The zero-order valence-corrected chi connectivity index (χ0v) is 11.5. The number of pyridine rings is 1. The Labute approximate surface area is 118 Å². The Kier molecular flexibility index (Phi) is 3.80. The van der Waals surface area contributed by atoms with Crippen LogP contribution in [0.2, 0.25) is 0 Å². The predicted octanol–water partition coefficient (Wildman–Crippen LogP) is 3.64. The molecular weight excluding hydrogens is 297 g/mol. The molecule has 0 aliphatic heterocycles. The van der Waals surface area contributed by atoms with Crippen LogP contribution in [-0.4, -0.2) is 15.3 Å². The monoisotopic (exact) mass is 303 g/mol. The maximum Gasteiger partial charge on any atom is 0.222 e. The lowest BCUT2D eigenvalue weighted by atomic mass is 10.3. The van der Waals surface area contributed by atoms with Gasteiger partial charge in [0.15, 0.2) is 5.82 Å². The van der Waals surface area contributed by atoms with Gasteiger partial charge in [-0.3, -0.25) is 9.20 Å². The molecule has 2 aromatic heterocycles. The van der Waals surface area contributed by atoms with Crippen LogP contribution in [0, 0.1) is 0 Å². The molecule has 0 fully saturated rings. The van der Waals surface area contributed by atoms with Gasteiger partial charge in [-0.25, -0.2) is 4.98 Å². The second-order valence-corrected chi connectivity index (χ2v) is 4.85. The summed E-state index contributed by atoms with van der Waals surface area (Å²) in [5.41, 5.74) is 1.22. The van der Waals surface area contributed by atoms with Crippen LogP contribution < -0.4 is 5.32 Å². The quantitative estimate of drug-likeness (QED) is 0.921. The van der Waals surface area contributed by atoms with Crippen LogP contribution in [0.1, 0.15) is 12.6 Å². The molecule has 0 saturated heterocycles. The van der Waals surface area contributed by atoms with E-state index in [9.17, 15) is 4.79 Å². The number of carbonyl (C=O) groups excluding carboxylic acids is 1. The Morgan fingerprint density at radius 2 is 2.06 bits per heavy atom. The van der Waals surface area contributed by atoms with Crippen molar-refractivity contribution in [2.45, 2.75) is 6.92 Å². The van der Waals surface area contributed by atoms with E-state index in [2.05, 4.69) is 10.3 Å². The first-order valence-corrected chi connectivity index (χ1v) is 6.09. The summed E-state index contributed by atoms with van der Waals surface area (Å²) < 4.78 is 1.66. The van der Waals surface area contributed by atoms with Crippen molar-refractivity contribution in [1.29, 1.82) is 0 Å². The molecule has 1 N–H and O–H groups in total. The highest BCUT2D eigenvalue weighted by Gasteiger charge is 2.10. The van der Waals surface area contributed by atoms with Crippen LogP contribution in [0.4, 0.5) is 5.82 Å². The molecule has 2 rings (SSSR count). The fourth-order valence-electron chi connectivity index (χ4n) is 1.53. The molecule has 7 heteroatoms. The smallest absolute Gasteiger partial charge is 0.222 e. The maximum absolute atomic E-state index is 11.0. The summed E-state index contributed by atoms with van der Waals surface area (Å²) in [5.74, 6) is 0.238. The van der Waals surface area contributed by atoms with Crippen molar-refractivity contribution in [3.05, 3.63) is 34.6 Å². The van der Waals surface area contributed by atoms with Crippen LogP contribution >= 0.6 is 34.8 Å². The molecule has 0 aromatic carbocycles. The number of anilines is 1. The molecule has 0 saturated carbocycles. The first-order valence-electron chi connectivity index (χ1n) is 4.96. The van der Waals surface area contributed by atoms with Crippen LogP contribution in [-0.2, 0) is 4.79 Å². The number of imidazole rings is 1. The number of halogens is 3. The topological polar surface area (TPSA) is 46.4 Å². The van der Waals surface area contributed by atoms with Crippen LogP contribution in [0.25, 0.3) is 10.7 Å². The van der Waals surface area contributed by atoms with E-state index in [1.165, 1.54) is 6.92 Å². The number of rotatable bonds is 2. The number of hydrogen-bond donors (Lipinski definition) is 1. The van der Waals surface area contributed by atoms with Gasteiger partial charge in [-0.05, 0) is 12.1 Å². The highest BCUT2D eigenvalue weighted by molar-refractivity contribution is 6.66. The maximum atomic E-state index is 11.0. The van der Waals surface area contributed by atoms with E-state index in [0.717, 1.165) is 0 Å². The summed E-state index contributed by atoms with van der Waals surface area (Å²) in [5, 5.41) is 2.81. The van der Waals surface area contributed by atoms with Gasteiger partial charge in [0.1, 0.15) is 10.1 Å². The van der Waals surface area contributed by atoms with Gasteiger partial charge in [-0.15, -0.1) is 0 Å². The van der Waals surface area contributed by atoms with Crippen LogP contribution in [0.3, 0.4) is 0 Å². The Bertz CT molecular complexity index is 644. The summed E-state index contributed by atoms with van der Waals surface area (Å²) in [7, 11) is 0. The third kappa shape index (κ3) is 2.61. The number of fused-ring (bicyclic) bond motifs is 1. The first kappa shape index (κ1) is 13.2. The Balaban J connectivity index is 2.59. The van der Waals surface area contributed by atoms with Crippen molar-refractivity contribution in [1.82, 2.24) is 9.38 Å².